The highest BCUT2D eigenvalue weighted by Crippen LogP contribution is 2.26. The van der Waals surface area contributed by atoms with Crippen LogP contribution >= 0.6 is 15.9 Å². The lowest BCUT2D eigenvalue weighted by molar-refractivity contribution is -0.0279. The van der Waals surface area contributed by atoms with Gasteiger partial charge in [0, 0.05) is 10.9 Å². The minimum atomic E-state index is -0.526. The number of aliphatic hydroxyl groups excluding tert-OH is 1. The normalized spacial score (nSPS) is 26.1. The smallest absolute Gasteiger partial charge is 0.124 e. The Hall–Kier alpha value is -0.450. The molecule has 1 aromatic rings. The number of ether oxygens (including phenoxy) is 1. The van der Waals surface area contributed by atoms with E-state index in [-0.39, 0.29) is 18.0 Å². The van der Waals surface area contributed by atoms with Gasteiger partial charge in [-0.2, -0.15) is 0 Å². The fraction of sp³-hybridized carbons (Fsp3) is 0.538. The van der Waals surface area contributed by atoms with Gasteiger partial charge in [0.05, 0.1) is 18.3 Å². The van der Waals surface area contributed by atoms with Crippen molar-refractivity contribution in [1.82, 2.24) is 0 Å². The van der Waals surface area contributed by atoms with E-state index in [0.29, 0.717) is 10.9 Å². The van der Waals surface area contributed by atoms with E-state index in [1.165, 1.54) is 12.1 Å². The molecule has 0 spiro atoms. The molecule has 4 heteroatoms. The molecule has 2 rings (SSSR count). The van der Waals surface area contributed by atoms with Crippen LogP contribution < -0.4 is 0 Å². The first-order chi connectivity index (χ1) is 8.06. The number of rotatable bonds is 3. The molecule has 0 saturated carbocycles. The number of hydrogen-bond donors (Lipinski definition) is 1. The Kier molecular flexibility index (Phi) is 4.17. The van der Waals surface area contributed by atoms with Gasteiger partial charge in [-0.3, -0.25) is 0 Å². The van der Waals surface area contributed by atoms with E-state index in [1.54, 1.807) is 6.07 Å². The molecule has 1 saturated heterocycles. The lowest BCUT2D eigenvalue weighted by Crippen LogP contribution is -2.28. The quantitative estimate of drug-likeness (QED) is 0.930. The van der Waals surface area contributed by atoms with Gasteiger partial charge < -0.3 is 9.84 Å². The zero-order valence-corrected chi connectivity index (χ0v) is 11.3. The number of halogens is 2. The summed E-state index contributed by atoms with van der Waals surface area (Å²) in [6.07, 6.45) is 1.97. The Morgan fingerprint density at radius 3 is 2.88 bits per heavy atom. The summed E-state index contributed by atoms with van der Waals surface area (Å²) in [5.41, 5.74) is 0.905. The molecule has 17 heavy (non-hydrogen) atoms. The molecule has 2 nitrogen and oxygen atoms in total. The zero-order valence-electron chi connectivity index (χ0n) is 9.70. The molecular weight excluding hydrogens is 287 g/mol. The van der Waals surface area contributed by atoms with Crippen LogP contribution in [0.25, 0.3) is 0 Å². The molecule has 0 aromatic heterocycles. The van der Waals surface area contributed by atoms with Crippen LogP contribution in [0, 0.1) is 5.82 Å². The van der Waals surface area contributed by atoms with Gasteiger partial charge in [-0.05, 0) is 37.5 Å². The van der Waals surface area contributed by atoms with E-state index >= 15 is 0 Å². The van der Waals surface area contributed by atoms with E-state index in [9.17, 15) is 9.50 Å². The van der Waals surface area contributed by atoms with Crippen molar-refractivity contribution < 1.29 is 14.2 Å². The molecular formula is C13H16BrFO2. The summed E-state index contributed by atoms with van der Waals surface area (Å²) in [6, 6.07) is 4.52. The van der Waals surface area contributed by atoms with Gasteiger partial charge in [-0.25, -0.2) is 4.39 Å². The maximum absolute atomic E-state index is 12.9. The van der Waals surface area contributed by atoms with Crippen LogP contribution in [-0.2, 0) is 11.2 Å². The van der Waals surface area contributed by atoms with E-state index in [4.69, 9.17) is 4.74 Å². The van der Waals surface area contributed by atoms with Gasteiger partial charge in [0.1, 0.15) is 5.82 Å². The molecule has 1 aromatic carbocycles. The number of benzene rings is 1. The van der Waals surface area contributed by atoms with E-state index in [0.717, 1.165) is 18.4 Å². The average molecular weight is 303 g/mol. The van der Waals surface area contributed by atoms with Crippen LogP contribution in [0.1, 0.15) is 25.3 Å². The second-order valence-electron chi connectivity index (χ2n) is 4.57. The molecule has 1 fully saturated rings. The molecule has 0 aliphatic carbocycles. The Labute approximate surface area is 109 Å². The van der Waals surface area contributed by atoms with Crippen molar-refractivity contribution in [2.24, 2.45) is 0 Å². The first-order valence-corrected chi connectivity index (χ1v) is 6.63. The molecule has 0 bridgehead atoms. The summed E-state index contributed by atoms with van der Waals surface area (Å²) in [5, 5.41) is 10.1. The Bertz CT molecular complexity index is 397. The molecule has 3 unspecified atom stereocenters. The summed E-state index contributed by atoms with van der Waals surface area (Å²) in [5.74, 6) is -0.277. The van der Waals surface area contributed by atoms with Crippen LogP contribution in [0.3, 0.4) is 0 Å². The van der Waals surface area contributed by atoms with Crippen LogP contribution in [0.4, 0.5) is 4.39 Å². The maximum Gasteiger partial charge on any atom is 0.124 e. The highest BCUT2D eigenvalue weighted by atomic mass is 79.9. The predicted molar refractivity (Wildman–Crippen MR) is 67.4 cm³/mol. The summed E-state index contributed by atoms with van der Waals surface area (Å²) < 4.78 is 19.2. The van der Waals surface area contributed by atoms with Crippen molar-refractivity contribution >= 4 is 15.9 Å². The van der Waals surface area contributed by atoms with Crippen molar-refractivity contribution in [3.05, 3.63) is 34.1 Å². The summed E-state index contributed by atoms with van der Waals surface area (Å²) >= 11 is 3.30. The second-order valence-corrected chi connectivity index (χ2v) is 5.42. The summed E-state index contributed by atoms with van der Waals surface area (Å²) in [6.45, 7) is 2.01. The SMILES string of the molecule is CC1CCC(C(O)Cc2ccc(F)cc2Br)O1. The molecule has 94 valence electrons. The van der Waals surface area contributed by atoms with Crippen LogP contribution in [0.2, 0.25) is 0 Å². The highest BCUT2D eigenvalue weighted by molar-refractivity contribution is 9.10. The first kappa shape index (κ1) is 13.0. The van der Waals surface area contributed by atoms with Crippen molar-refractivity contribution in [3.8, 4) is 0 Å². The predicted octanol–water partition coefficient (Wildman–Crippen LogP) is 3.06. The number of hydrogen-bond acceptors (Lipinski definition) is 2. The summed E-state index contributed by atoms with van der Waals surface area (Å²) in [4.78, 5) is 0. The van der Waals surface area contributed by atoms with Crippen molar-refractivity contribution in [3.63, 3.8) is 0 Å². The highest BCUT2D eigenvalue weighted by Gasteiger charge is 2.28. The standard InChI is InChI=1S/C13H16BrFO2/c1-8-2-5-13(17-8)12(16)6-9-3-4-10(15)7-11(9)14/h3-4,7-8,12-13,16H,2,5-6H2,1H3. The average Bonchev–Trinajstić information content (AvgIpc) is 2.69. The largest absolute Gasteiger partial charge is 0.390 e. The van der Waals surface area contributed by atoms with E-state index < -0.39 is 6.10 Å². The molecule has 1 aliphatic heterocycles. The first-order valence-electron chi connectivity index (χ1n) is 5.83. The van der Waals surface area contributed by atoms with Crippen LogP contribution in [0.15, 0.2) is 22.7 Å². The zero-order chi connectivity index (χ0) is 12.4. The number of aliphatic hydroxyl groups is 1. The summed E-state index contributed by atoms with van der Waals surface area (Å²) in [7, 11) is 0. The van der Waals surface area contributed by atoms with Gasteiger partial charge in [0.15, 0.2) is 0 Å². The molecule has 0 radical (unpaired) electrons. The fourth-order valence-electron chi connectivity index (χ4n) is 2.16. The van der Waals surface area contributed by atoms with Crippen LogP contribution in [-0.4, -0.2) is 23.4 Å². The Morgan fingerprint density at radius 2 is 2.29 bits per heavy atom. The lowest BCUT2D eigenvalue weighted by atomic mass is 10.0. The minimum Gasteiger partial charge on any atom is -0.390 e. The van der Waals surface area contributed by atoms with E-state index in [1.807, 2.05) is 6.92 Å². The van der Waals surface area contributed by atoms with Gasteiger partial charge >= 0.3 is 0 Å². The molecule has 3 atom stereocenters. The Morgan fingerprint density at radius 1 is 1.53 bits per heavy atom. The monoisotopic (exact) mass is 302 g/mol. The molecule has 0 amide bonds. The molecule has 1 N–H and O–H groups in total. The third kappa shape index (κ3) is 3.27. The third-order valence-electron chi connectivity index (χ3n) is 3.14. The lowest BCUT2D eigenvalue weighted by Gasteiger charge is -2.19. The minimum absolute atomic E-state index is 0.0954. The third-order valence-corrected chi connectivity index (χ3v) is 3.88. The van der Waals surface area contributed by atoms with Gasteiger partial charge in [0.2, 0.25) is 0 Å². The molecule has 1 aliphatic rings. The van der Waals surface area contributed by atoms with Gasteiger partial charge in [-0.1, -0.05) is 22.0 Å². The van der Waals surface area contributed by atoms with Crippen LogP contribution in [0.5, 0.6) is 0 Å². The Balaban J connectivity index is 2.00. The van der Waals surface area contributed by atoms with Crippen molar-refractivity contribution in [2.45, 2.75) is 44.5 Å². The van der Waals surface area contributed by atoms with Crippen molar-refractivity contribution in [1.29, 1.82) is 0 Å². The van der Waals surface area contributed by atoms with Crippen molar-refractivity contribution in [2.75, 3.05) is 0 Å². The maximum atomic E-state index is 12.9. The fourth-order valence-corrected chi connectivity index (χ4v) is 2.67. The van der Waals surface area contributed by atoms with Gasteiger partial charge in [-0.15, -0.1) is 0 Å². The second kappa shape index (κ2) is 5.46. The van der Waals surface area contributed by atoms with E-state index in [2.05, 4.69) is 15.9 Å². The topological polar surface area (TPSA) is 29.5 Å². The molecule has 1 heterocycles. The van der Waals surface area contributed by atoms with Gasteiger partial charge in [0.25, 0.3) is 0 Å².